The Bertz CT molecular complexity index is 884. The van der Waals surface area contributed by atoms with Crippen molar-refractivity contribution >= 4 is 5.91 Å². The van der Waals surface area contributed by atoms with Crippen molar-refractivity contribution in [3.05, 3.63) is 12.7 Å². The molecule has 0 aromatic carbocycles. The number of rotatable bonds is 15. The molecule has 3 rings (SSSR count). The van der Waals surface area contributed by atoms with Gasteiger partial charge in [-0.2, -0.15) is 0 Å². The van der Waals surface area contributed by atoms with Gasteiger partial charge in [-0.25, -0.2) is 0 Å². The molecular weight excluding hydrogens is 590 g/mol. The summed E-state index contributed by atoms with van der Waals surface area (Å²) in [6, 6.07) is -1.16. The van der Waals surface area contributed by atoms with Gasteiger partial charge in [0.15, 0.2) is 18.9 Å². The van der Waals surface area contributed by atoms with Crippen molar-refractivity contribution in [2.45, 2.75) is 138 Å². The Labute approximate surface area is 256 Å². The fraction of sp³-hybridized carbons (Fsp3) is 0.893. The van der Waals surface area contributed by atoms with E-state index < -0.39 is 111 Å². The molecule has 0 aromatic heterocycles. The zero-order chi connectivity index (χ0) is 32.6. The Balaban J connectivity index is 1.78. The fourth-order valence-corrected chi connectivity index (χ4v) is 5.46. The Kier molecular flexibility index (Phi) is 14.8. The summed E-state index contributed by atoms with van der Waals surface area (Å²) in [5.41, 5.74) is 0. The summed E-state index contributed by atoms with van der Waals surface area (Å²) < 4.78 is 34.5. The Hall–Kier alpha value is -1.35. The van der Waals surface area contributed by atoms with Crippen LogP contribution in [0.4, 0.5) is 0 Å². The highest BCUT2D eigenvalue weighted by molar-refractivity contribution is 5.73. The zero-order valence-electron chi connectivity index (χ0n) is 25.0. The van der Waals surface area contributed by atoms with Crippen LogP contribution in [0.5, 0.6) is 0 Å². The maximum atomic E-state index is 12.0. The minimum atomic E-state index is -1.80. The van der Waals surface area contributed by atoms with Gasteiger partial charge in [0.1, 0.15) is 67.1 Å². The van der Waals surface area contributed by atoms with Gasteiger partial charge in [0.05, 0.1) is 19.3 Å². The van der Waals surface area contributed by atoms with E-state index in [9.17, 15) is 45.6 Å². The van der Waals surface area contributed by atoms with Gasteiger partial charge in [-0.3, -0.25) is 4.79 Å². The number of nitrogens with one attached hydrogen (secondary N) is 1. The van der Waals surface area contributed by atoms with Crippen LogP contribution in [-0.4, -0.2) is 159 Å². The fourth-order valence-electron chi connectivity index (χ4n) is 5.46. The van der Waals surface area contributed by atoms with Crippen molar-refractivity contribution in [1.82, 2.24) is 5.32 Å². The van der Waals surface area contributed by atoms with E-state index in [1.165, 1.54) is 13.8 Å². The van der Waals surface area contributed by atoms with Gasteiger partial charge in [-0.1, -0.05) is 18.9 Å². The van der Waals surface area contributed by atoms with Gasteiger partial charge in [0.25, 0.3) is 0 Å². The van der Waals surface area contributed by atoms with Crippen LogP contribution in [0.2, 0.25) is 0 Å². The summed E-state index contributed by atoms with van der Waals surface area (Å²) in [4.78, 5) is 12.0. The highest BCUT2D eigenvalue weighted by atomic mass is 16.8. The number of amides is 1. The number of ether oxygens (including phenoxy) is 6. The van der Waals surface area contributed by atoms with Crippen LogP contribution in [0.3, 0.4) is 0 Å². The third kappa shape index (κ3) is 9.13. The number of allylic oxidation sites excluding steroid dienone is 1. The molecule has 3 fully saturated rings. The molecule has 3 aliphatic heterocycles. The summed E-state index contributed by atoms with van der Waals surface area (Å²) in [6.07, 6.45) is -14.8. The molecular formula is C28H49NO15. The van der Waals surface area contributed by atoms with E-state index in [1.54, 1.807) is 0 Å². The first-order chi connectivity index (χ1) is 20.9. The number of carbonyl (C=O) groups is 1. The molecule has 44 heavy (non-hydrogen) atoms. The van der Waals surface area contributed by atoms with Crippen molar-refractivity contribution in [1.29, 1.82) is 0 Å². The van der Waals surface area contributed by atoms with Crippen LogP contribution in [0.25, 0.3) is 0 Å². The lowest BCUT2D eigenvalue weighted by atomic mass is 9.95. The smallest absolute Gasteiger partial charge is 0.217 e. The summed E-state index contributed by atoms with van der Waals surface area (Å²) >= 11 is 0. The van der Waals surface area contributed by atoms with Crippen molar-refractivity contribution in [3.63, 3.8) is 0 Å². The SMILES string of the molecule is C=CCCCCCCO[C@@H]1O[C@H](CO)[C@@H](O[C@@H]2O[C@H](CO)[C@H](O)[C@H](O)[C@H]2O[C@@H]2O[C@@H](C)[C@@H](O)[C@@H](O)[C@@H]2O)[C@H](O)[C@H]1NC(C)=O. The Morgan fingerprint density at radius 3 is 2.02 bits per heavy atom. The van der Waals surface area contributed by atoms with E-state index in [-0.39, 0.29) is 6.61 Å². The van der Waals surface area contributed by atoms with Crippen molar-refractivity contribution in [2.24, 2.45) is 0 Å². The lowest BCUT2D eigenvalue weighted by molar-refractivity contribution is -0.382. The second kappa shape index (κ2) is 17.5. The van der Waals surface area contributed by atoms with Gasteiger partial charge in [-0.15, -0.1) is 6.58 Å². The topological polar surface area (TPSA) is 246 Å². The number of aliphatic hydroxyl groups excluding tert-OH is 8. The molecule has 3 aliphatic rings. The van der Waals surface area contributed by atoms with E-state index in [2.05, 4.69) is 11.9 Å². The monoisotopic (exact) mass is 639 g/mol. The summed E-state index contributed by atoms with van der Waals surface area (Å²) in [5.74, 6) is -0.510. The van der Waals surface area contributed by atoms with Crippen molar-refractivity contribution in [2.75, 3.05) is 19.8 Å². The molecule has 9 N–H and O–H groups in total. The second-order valence-corrected chi connectivity index (χ2v) is 11.4. The molecule has 0 aromatic rings. The number of hydrogen-bond donors (Lipinski definition) is 9. The highest BCUT2D eigenvalue weighted by Crippen LogP contribution is 2.33. The van der Waals surface area contributed by atoms with Gasteiger partial charge >= 0.3 is 0 Å². The maximum absolute atomic E-state index is 12.0. The van der Waals surface area contributed by atoms with Crippen LogP contribution in [0, 0.1) is 0 Å². The average Bonchev–Trinajstić information content (AvgIpc) is 2.99. The summed E-state index contributed by atoms with van der Waals surface area (Å²) in [7, 11) is 0. The average molecular weight is 640 g/mol. The van der Waals surface area contributed by atoms with Gasteiger partial charge in [-0.05, 0) is 26.2 Å². The van der Waals surface area contributed by atoms with E-state index in [0.717, 1.165) is 25.7 Å². The molecule has 16 nitrogen and oxygen atoms in total. The third-order valence-electron chi connectivity index (χ3n) is 8.02. The predicted molar refractivity (Wildman–Crippen MR) is 148 cm³/mol. The highest BCUT2D eigenvalue weighted by Gasteiger charge is 2.54. The Morgan fingerprint density at radius 1 is 0.750 bits per heavy atom. The Morgan fingerprint density at radius 2 is 1.39 bits per heavy atom. The van der Waals surface area contributed by atoms with Crippen LogP contribution in [0.15, 0.2) is 12.7 Å². The number of unbranched alkanes of at least 4 members (excludes halogenated alkanes) is 4. The number of hydrogen-bond acceptors (Lipinski definition) is 15. The lowest BCUT2D eigenvalue weighted by Gasteiger charge is -2.49. The largest absolute Gasteiger partial charge is 0.394 e. The zero-order valence-corrected chi connectivity index (χ0v) is 25.0. The molecule has 0 spiro atoms. The second-order valence-electron chi connectivity index (χ2n) is 11.4. The van der Waals surface area contributed by atoms with Crippen LogP contribution in [-0.2, 0) is 33.2 Å². The van der Waals surface area contributed by atoms with Gasteiger partial charge < -0.3 is 74.6 Å². The first kappa shape index (κ1) is 37.1. The molecule has 0 aliphatic carbocycles. The number of carbonyl (C=O) groups excluding carboxylic acids is 1. The molecule has 3 heterocycles. The van der Waals surface area contributed by atoms with E-state index >= 15 is 0 Å². The summed E-state index contributed by atoms with van der Waals surface area (Å²) in [5, 5.41) is 85.9. The molecule has 0 unspecified atom stereocenters. The van der Waals surface area contributed by atoms with Crippen LogP contribution < -0.4 is 5.32 Å². The maximum Gasteiger partial charge on any atom is 0.217 e. The molecule has 16 heteroatoms. The summed E-state index contributed by atoms with van der Waals surface area (Å²) in [6.45, 7) is 5.17. The first-order valence-corrected chi connectivity index (χ1v) is 15.0. The molecule has 0 bridgehead atoms. The number of aliphatic hydroxyl groups is 8. The van der Waals surface area contributed by atoms with Gasteiger partial charge in [0, 0.05) is 13.5 Å². The quantitative estimate of drug-likeness (QED) is 0.0631. The van der Waals surface area contributed by atoms with E-state index in [1.807, 2.05) is 6.08 Å². The molecule has 0 radical (unpaired) electrons. The normalized spacial score (nSPS) is 43.0. The van der Waals surface area contributed by atoms with Gasteiger partial charge in [0.2, 0.25) is 5.91 Å². The first-order valence-electron chi connectivity index (χ1n) is 15.0. The molecule has 0 saturated carbocycles. The predicted octanol–water partition coefficient (Wildman–Crippen LogP) is -3.24. The van der Waals surface area contributed by atoms with Crippen molar-refractivity contribution in [3.8, 4) is 0 Å². The lowest BCUT2D eigenvalue weighted by Crippen LogP contribution is -2.68. The minimum Gasteiger partial charge on any atom is -0.394 e. The van der Waals surface area contributed by atoms with E-state index in [4.69, 9.17) is 28.4 Å². The molecule has 256 valence electrons. The van der Waals surface area contributed by atoms with E-state index in [0.29, 0.717) is 6.42 Å². The molecule has 15 atom stereocenters. The third-order valence-corrected chi connectivity index (χ3v) is 8.02. The standard InChI is InChI=1S/C28H49NO15/c1-4-5-6-7-8-9-10-39-26-17(29-14(3)32)20(35)24(16(12-31)42-26)43-28-25(22(37)19(34)15(11-30)41-28)44-27-23(38)21(36)18(33)13(2)40-27/h4,13,15-28,30-31,33-38H,1,5-12H2,2-3H3,(H,29,32)/t13-,15+,16+,17+,18+,19-,20+,21+,22-,23-,24+,25+,26+,27-,28-/m0/s1. The molecule has 1 amide bonds. The van der Waals surface area contributed by atoms with Crippen LogP contribution >= 0.6 is 0 Å². The van der Waals surface area contributed by atoms with Crippen LogP contribution in [0.1, 0.15) is 46.0 Å². The minimum absolute atomic E-state index is 0.248. The molecule has 3 saturated heterocycles. The van der Waals surface area contributed by atoms with Crippen molar-refractivity contribution < 1.29 is 74.1 Å².